The highest BCUT2D eigenvalue weighted by molar-refractivity contribution is 5.90. The molecule has 0 spiro atoms. The predicted molar refractivity (Wildman–Crippen MR) is 80.3 cm³/mol. The van der Waals surface area contributed by atoms with Crippen LogP contribution in [0.2, 0.25) is 0 Å². The summed E-state index contributed by atoms with van der Waals surface area (Å²) in [7, 11) is 1.59. The Morgan fingerprint density at radius 3 is 2.95 bits per heavy atom. The number of anilines is 1. The van der Waals surface area contributed by atoms with E-state index in [9.17, 15) is 4.79 Å². The van der Waals surface area contributed by atoms with Gasteiger partial charge in [0.2, 0.25) is 0 Å². The number of carbonyl (C=O) groups is 1. The average molecular weight is 277 g/mol. The number of para-hydroxylation sites is 2. The maximum Gasteiger partial charge on any atom is 0.319 e. The van der Waals surface area contributed by atoms with E-state index < -0.39 is 0 Å². The maximum atomic E-state index is 11.9. The van der Waals surface area contributed by atoms with Gasteiger partial charge in [-0.05, 0) is 31.9 Å². The molecular weight excluding hydrogens is 254 g/mol. The molecule has 1 aromatic carbocycles. The van der Waals surface area contributed by atoms with Gasteiger partial charge in [0.15, 0.2) is 0 Å². The van der Waals surface area contributed by atoms with Crippen molar-refractivity contribution in [2.75, 3.05) is 19.0 Å². The van der Waals surface area contributed by atoms with Crippen molar-refractivity contribution in [3.05, 3.63) is 24.3 Å². The van der Waals surface area contributed by atoms with Crippen LogP contribution in [0.5, 0.6) is 5.75 Å². The smallest absolute Gasteiger partial charge is 0.319 e. The maximum absolute atomic E-state index is 11.9. The summed E-state index contributed by atoms with van der Waals surface area (Å²) >= 11 is 0. The lowest BCUT2D eigenvalue weighted by atomic mass is 10.00. The second-order valence-corrected chi connectivity index (χ2v) is 5.23. The first-order valence-electron chi connectivity index (χ1n) is 7.13. The Kier molecular flexibility index (Phi) is 5.24. The number of methoxy groups -OCH3 is 1. The fourth-order valence-corrected chi connectivity index (χ4v) is 2.53. The molecule has 1 fully saturated rings. The zero-order valence-corrected chi connectivity index (χ0v) is 12.1. The second-order valence-electron chi connectivity index (χ2n) is 5.23. The topological polar surface area (TPSA) is 62.4 Å². The molecule has 0 saturated carbocycles. The van der Waals surface area contributed by atoms with Gasteiger partial charge in [0.1, 0.15) is 5.75 Å². The number of nitrogens with one attached hydrogen (secondary N) is 3. The van der Waals surface area contributed by atoms with Crippen molar-refractivity contribution in [1.82, 2.24) is 10.6 Å². The Morgan fingerprint density at radius 1 is 1.40 bits per heavy atom. The van der Waals surface area contributed by atoms with Gasteiger partial charge in [-0.25, -0.2) is 4.79 Å². The normalized spacial score (nSPS) is 22.1. The lowest BCUT2D eigenvalue weighted by molar-refractivity contribution is 0.247. The van der Waals surface area contributed by atoms with E-state index in [0.717, 1.165) is 6.42 Å². The number of piperidine rings is 1. The van der Waals surface area contributed by atoms with E-state index in [1.165, 1.54) is 12.8 Å². The summed E-state index contributed by atoms with van der Waals surface area (Å²) in [6.45, 7) is 2.83. The van der Waals surface area contributed by atoms with Gasteiger partial charge in [0.05, 0.1) is 12.8 Å². The highest BCUT2D eigenvalue weighted by Crippen LogP contribution is 2.22. The van der Waals surface area contributed by atoms with Gasteiger partial charge < -0.3 is 20.7 Å². The Hall–Kier alpha value is -1.75. The van der Waals surface area contributed by atoms with E-state index in [4.69, 9.17) is 4.74 Å². The van der Waals surface area contributed by atoms with Crippen molar-refractivity contribution in [2.45, 2.75) is 38.3 Å². The molecule has 5 heteroatoms. The fourth-order valence-electron chi connectivity index (χ4n) is 2.53. The Balaban J connectivity index is 1.80. The minimum atomic E-state index is -0.200. The average Bonchev–Trinajstić information content (AvgIpc) is 2.46. The number of benzene rings is 1. The van der Waals surface area contributed by atoms with Gasteiger partial charge in [0.25, 0.3) is 0 Å². The number of urea groups is 1. The van der Waals surface area contributed by atoms with Crippen LogP contribution in [0.15, 0.2) is 24.3 Å². The molecule has 2 unspecified atom stereocenters. The van der Waals surface area contributed by atoms with Gasteiger partial charge in [0, 0.05) is 18.6 Å². The number of hydrogen-bond acceptors (Lipinski definition) is 3. The SMILES string of the molecule is COc1ccccc1NC(=O)NCC1CCCC(C)N1. The van der Waals surface area contributed by atoms with Crippen molar-refractivity contribution in [3.63, 3.8) is 0 Å². The summed E-state index contributed by atoms with van der Waals surface area (Å²) < 4.78 is 5.20. The molecule has 1 aliphatic heterocycles. The van der Waals surface area contributed by atoms with Crippen LogP contribution in [-0.2, 0) is 0 Å². The largest absolute Gasteiger partial charge is 0.495 e. The number of amides is 2. The molecule has 3 N–H and O–H groups in total. The van der Waals surface area contributed by atoms with E-state index in [1.54, 1.807) is 7.11 Å². The predicted octanol–water partition coefficient (Wildman–Crippen LogP) is 2.35. The highest BCUT2D eigenvalue weighted by atomic mass is 16.5. The third-order valence-corrected chi connectivity index (χ3v) is 3.57. The van der Waals surface area contributed by atoms with E-state index in [-0.39, 0.29) is 6.03 Å². The first kappa shape index (κ1) is 14.7. The van der Waals surface area contributed by atoms with Gasteiger partial charge in [-0.2, -0.15) is 0 Å². The van der Waals surface area contributed by atoms with E-state index in [2.05, 4.69) is 22.9 Å². The van der Waals surface area contributed by atoms with Crippen LogP contribution in [0, 0.1) is 0 Å². The standard InChI is InChI=1S/C15H23N3O2/c1-11-6-5-7-12(17-11)10-16-15(19)18-13-8-3-4-9-14(13)20-2/h3-4,8-9,11-12,17H,5-7,10H2,1-2H3,(H2,16,18,19). The molecule has 1 heterocycles. The Morgan fingerprint density at radius 2 is 2.20 bits per heavy atom. The molecule has 2 atom stereocenters. The molecule has 1 aliphatic rings. The Labute approximate surface area is 120 Å². The fraction of sp³-hybridized carbons (Fsp3) is 0.533. The molecule has 20 heavy (non-hydrogen) atoms. The molecule has 2 rings (SSSR count). The van der Waals surface area contributed by atoms with Crippen LogP contribution < -0.4 is 20.7 Å². The van der Waals surface area contributed by atoms with Crippen LogP contribution in [0.4, 0.5) is 10.5 Å². The molecule has 0 bridgehead atoms. The van der Waals surface area contributed by atoms with Crippen LogP contribution in [0.3, 0.4) is 0 Å². The first-order valence-corrected chi connectivity index (χ1v) is 7.13. The third kappa shape index (κ3) is 4.13. The van der Waals surface area contributed by atoms with Gasteiger partial charge in [-0.15, -0.1) is 0 Å². The second kappa shape index (κ2) is 7.14. The summed E-state index contributed by atoms with van der Waals surface area (Å²) in [4.78, 5) is 11.9. The third-order valence-electron chi connectivity index (χ3n) is 3.57. The van der Waals surface area contributed by atoms with E-state index in [0.29, 0.717) is 30.1 Å². The van der Waals surface area contributed by atoms with Crippen molar-refractivity contribution in [3.8, 4) is 5.75 Å². The lowest BCUT2D eigenvalue weighted by Crippen LogP contribution is -2.47. The molecule has 1 aromatic rings. The van der Waals surface area contributed by atoms with Crippen molar-refractivity contribution in [1.29, 1.82) is 0 Å². The minimum absolute atomic E-state index is 0.200. The molecule has 0 radical (unpaired) electrons. The molecule has 110 valence electrons. The van der Waals surface area contributed by atoms with E-state index >= 15 is 0 Å². The highest BCUT2D eigenvalue weighted by Gasteiger charge is 2.18. The summed E-state index contributed by atoms with van der Waals surface area (Å²) in [5.74, 6) is 0.659. The van der Waals surface area contributed by atoms with Crippen LogP contribution in [0.1, 0.15) is 26.2 Å². The minimum Gasteiger partial charge on any atom is -0.495 e. The molecule has 0 aromatic heterocycles. The van der Waals surface area contributed by atoms with Crippen LogP contribution in [-0.4, -0.2) is 31.8 Å². The summed E-state index contributed by atoms with van der Waals surface area (Å²) in [6.07, 6.45) is 3.54. The van der Waals surface area contributed by atoms with Crippen molar-refractivity contribution in [2.24, 2.45) is 0 Å². The van der Waals surface area contributed by atoms with Crippen molar-refractivity contribution < 1.29 is 9.53 Å². The Bertz CT molecular complexity index is 450. The lowest BCUT2D eigenvalue weighted by Gasteiger charge is -2.28. The first-order chi connectivity index (χ1) is 9.69. The van der Waals surface area contributed by atoms with Gasteiger partial charge in [-0.3, -0.25) is 0 Å². The quantitative estimate of drug-likeness (QED) is 0.791. The van der Waals surface area contributed by atoms with Crippen LogP contribution in [0.25, 0.3) is 0 Å². The summed E-state index contributed by atoms with van der Waals surface area (Å²) in [5, 5.41) is 9.20. The number of hydrogen-bond donors (Lipinski definition) is 3. The summed E-state index contributed by atoms with van der Waals surface area (Å²) in [5.41, 5.74) is 0.678. The van der Waals surface area contributed by atoms with Crippen LogP contribution >= 0.6 is 0 Å². The zero-order chi connectivity index (χ0) is 14.4. The van der Waals surface area contributed by atoms with E-state index in [1.807, 2.05) is 24.3 Å². The van der Waals surface area contributed by atoms with Gasteiger partial charge in [-0.1, -0.05) is 18.6 Å². The zero-order valence-electron chi connectivity index (χ0n) is 12.1. The molecule has 2 amide bonds. The molecule has 5 nitrogen and oxygen atoms in total. The molecule has 0 aliphatic carbocycles. The number of ether oxygens (including phenoxy) is 1. The molecule has 1 saturated heterocycles. The molecular formula is C15H23N3O2. The monoisotopic (exact) mass is 277 g/mol. The number of rotatable bonds is 4. The summed E-state index contributed by atoms with van der Waals surface area (Å²) in [6, 6.07) is 8.07. The van der Waals surface area contributed by atoms with Gasteiger partial charge >= 0.3 is 6.03 Å². The van der Waals surface area contributed by atoms with Crippen molar-refractivity contribution >= 4 is 11.7 Å². The number of carbonyl (C=O) groups excluding carboxylic acids is 1.